The molecule has 2 aromatic rings. The van der Waals surface area contributed by atoms with Crippen LogP contribution in [-0.4, -0.2) is 9.78 Å². The van der Waals surface area contributed by atoms with E-state index in [1.165, 1.54) is 29.7 Å². The van der Waals surface area contributed by atoms with E-state index in [1.54, 1.807) is 0 Å². The average molecular weight is 241 g/mol. The van der Waals surface area contributed by atoms with Gasteiger partial charge in [-0.1, -0.05) is 18.6 Å². The predicted molar refractivity (Wildman–Crippen MR) is 72.8 cm³/mol. The third-order valence-corrected chi connectivity index (χ3v) is 3.73. The number of aromatic nitrogens is 2. The fraction of sp³-hybridized carbons (Fsp3) is 0.400. The Bertz CT molecular complexity index is 557. The summed E-state index contributed by atoms with van der Waals surface area (Å²) in [6.07, 6.45) is 6.53. The summed E-state index contributed by atoms with van der Waals surface area (Å²) in [6, 6.07) is 8.62. The van der Waals surface area contributed by atoms with Gasteiger partial charge in [0.1, 0.15) is 0 Å². The van der Waals surface area contributed by atoms with Gasteiger partial charge in [-0.2, -0.15) is 5.10 Å². The lowest BCUT2D eigenvalue weighted by atomic mass is 10.1. The highest BCUT2D eigenvalue weighted by molar-refractivity contribution is 5.38. The third kappa shape index (κ3) is 1.95. The molecule has 1 aliphatic rings. The van der Waals surface area contributed by atoms with Crippen LogP contribution in [0, 0.1) is 6.92 Å². The van der Waals surface area contributed by atoms with Gasteiger partial charge in [0, 0.05) is 17.3 Å². The van der Waals surface area contributed by atoms with E-state index in [4.69, 9.17) is 5.73 Å². The summed E-state index contributed by atoms with van der Waals surface area (Å²) >= 11 is 0. The van der Waals surface area contributed by atoms with E-state index in [-0.39, 0.29) is 6.04 Å². The zero-order valence-corrected chi connectivity index (χ0v) is 10.8. The van der Waals surface area contributed by atoms with Gasteiger partial charge in [0.2, 0.25) is 0 Å². The molecule has 0 bridgehead atoms. The lowest BCUT2D eigenvalue weighted by Crippen LogP contribution is -2.10. The van der Waals surface area contributed by atoms with Gasteiger partial charge >= 0.3 is 0 Å². The van der Waals surface area contributed by atoms with Crippen molar-refractivity contribution >= 4 is 0 Å². The van der Waals surface area contributed by atoms with E-state index in [0.29, 0.717) is 0 Å². The van der Waals surface area contributed by atoms with Crippen LogP contribution in [0.3, 0.4) is 0 Å². The third-order valence-electron chi connectivity index (χ3n) is 3.73. The van der Waals surface area contributed by atoms with E-state index < -0.39 is 0 Å². The molecule has 2 N–H and O–H groups in total. The number of rotatable bonds is 1. The molecule has 3 heteroatoms. The molecule has 1 aromatic heterocycles. The number of nitrogens with zero attached hydrogens (tertiary/aromatic N) is 2. The fourth-order valence-corrected chi connectivity index (χ4v) is 2.74. The number of benzene rings is 1. The van der Waals surface area contributed by atoms with Crippen molar-refractivity contribution in [1.82, 2.24) is 9.78 Å². The maximum Gasteiger partial charge on any atom is 0.0651 e. The quantitative estimate of drug-likeness (QED) is 0.780. The van der Waals surface area contributed by atoms with Crippen molar-refractivity contribution in [2.45, 2.75) is 38.6 Å². The van der Waals surface area contributed by atoms with Crippen LogP contribution in [0.2, 0.25) is 0 Å². The molecule has 1 aromatic carbocycles. The Kier molecular flexibility index (Phi) is 2.92. The lowest BCUT2D eigenvalue weighted by Gasteiger charge is -2.10. The molecule has 1 heterocycles. The zero-order valence-electron chi connectivity index (χ0n) is 10.8. The second kappa shape index (κ2) is 4.58. The van der Waals surface area contributed by atoms with Crippen LogP contribution in [0.15, 0.2) is 30.5 Å². The Balaban J connectivity index is 2.09. The van der Waals surface area contributed by atoms with Crippen molar-refractivity contribution in [2.24, 2.45) is 5.73 Å². The standard InChI is InChI=1S/C15H19N3/c1-11-5-4-6-12(9-11)18-15-8-3-2-7-14(16)13(15)10-17-18/h4-6,9-10,14H,2-3,7-8,16H2,1H3. The summed E-state index contributed by atoms with van der Waals surface area (Å²) in [4.78, 5) is 0. The number of fused-ring (bicyclic) bond motifs is 1. The van der Waals surface area contributed by atoms with Crippen molar-refractivity contribution in [3.05, 3.63) is 47.3 Å². The first kappa shape index (κ1) is 11.5. The fourth-order valence-electron chi connectivity index (χ4n) is 2.74. The summed E-state index contributed by atoms with van der Waals surface area (Å²) < 4.78 is 2.06. The Hall–Kier alpha value is -1.61. The Morgan fingerprint density at radius 3 is 3.06 bits per heavy atom. The van der Waals surface area contributed by atoms with E-state index in [2.05, 4.69) is 41.0 Å². The minimum Gasteiger partial charge on any atom is -0.324 e. The molecule has 1 atom stereocenters. The highest BCUT2D eigenvalue weighted by Crippen LogP contribution is 2.28. The van der Waals surface area contributed by atoms with Gasteiger partial charge in [-0.05, 0) is 43.9 Å². The van der Waals surface area contributed by atoms with Crippen molar-refractivity contribution in [3.63, 3.8) is 0 Å². The molecule has 0 aliphatic heterocycles. The second-order valence-corrected chi connectivity index (χ2v) is 5.15. The molecule has 18 heavy (non-hydrogen) atoms. The lowest BCUT2D eigenvalue weighted by molar-refractivity contribution is 0.611. The van der Waals surface area contributed by atoms with Crippen molar-refractivity contribution in [1.29, 1.82) is 0 Å². The monoisotopic (exact) mass is 241 g/mol. The van der Waals surface area contributed by atoms with Crippen LogP contribution in [-0.2, 0) is 6.42 Å². The van der Waals surface area contributed by atoms with Gasteiger partial charge < -0.3 is 5.73 Å². The molecule has 0 amide bonds. The molecule has 1 unspecified atom stereocenters. The van der Waals surface area contributed by atoms with Gasteiger partial charge in [0.15, 0.2) is 0 Å². The first-order valence-corrected chi connectivity index (χ1v) is 6.65. The number of hydrogen-bond acceptors (Lipinski definition) is 2. The minimum absolute atomic E-state index is 0.154. The van der Waals surface area contributed by atoms with Crippen molar-refractivity contribution in [2.75, 3.05) is 0 Å². The molecule has 3 nitrogen and oxygen atoms in total. The van der Waals surface area contributed by atoms with E-state index >= 15 is 0 Å². The van der Waals surface area contributed by atoms with E-state index in [9.17, 15) is 0 Å². The summed E-state index contributed by atoms with van der Waals surface area (Å²) in [5, 5.41) is 4.54. The van der Waals surface area contributed by atoms with Crippen molar-refractivity contribution in [3.8, 4) is 5.69 Å². The molecular formula is C15H19N3. The van der Waals surface area contributed by atoms with E-state index in [1.807, 2.05) is 6.20 Å². The summed E-state index contributed by atoms with van der Waals surface area (Å²) in [5.41, 5.74) is 11.1. The largest absolute Gasteiger partial charge is 0.324 e. The van der Waals surface area contributed by atoms with E-state index in [0.717, 1.165) is 18.5 Å². The molecule has 0 spiro atoms. The Morgan fingerprint density at radius 1 is 1.33 bits per heavy atom. The van der Waals surface area contributed by atoms with Crippen molar-refractivity contribution < 1.29 is 0 Å². The van der Waals surface area contributed by atoms with Gasteiger partial charge in [-0.25, -0.2) is 4.68 Å². The highest BCUT2D eigenvalue weighted by Gasteiger charge is 2.20. The Labute approximate surface area is 108 Å². The van der Waals surface area contributed by atoms with Crippen LogP contribution in [0.1, 0.15) is 42.1 Å². The average Bonchev–Trinajstić information content (AvgIpc) is 2.70. The molecule has 3 rings (SSSR count). The van der Waals surface area contributed by atoms with Crippen LogP contribution in [0.5, 0.6) is 0 Å². The predicted octanol–water partition coefficient (Wildman–Crippen LogP) is 2.91. The van der Waals surface area contributed by atoms with Crippen LogP contribution in [0.4, 0.5) is 0 Å². The van der Waals surface area contributed by atoms with Gasteiger partial charge in [-0.3, -0.25) is 0 Å². The number of nitrogens with two attached hydrogens (primary N) is 1. The maximum absolute atomic E-state index is 6.21. The maximum atomic E-state index is 6.21. The second-order valence-electron chi connectivity index (χ2n) is 5.15. The highest BCUT2D eigenvalue weighted by atomic mass is 15.3. The first-order valence-electron chi connectivity index (χ1n) is 6.65. The summed E-state index contributed by atoms with van der Waals surface area (Å²) in [6.45, 7) is 2.11. The molecule has 0 saturated carbocycles. The molecule has 94 valence electrons. The molecule has 0 fully saturated rings. The summed E-state index contributed by atoms with van der Waals surface area (Å²) in [7, 11) is 0. The molecular weight excluding hydrogens is 222 g/mol. The number of aryl methyl sites for hydroxylation is 1. The molecule has 0 radical (unpaired) electrons. The van der Waals surface area contributed by atoms with Gasteiger partial charge in [0.25, 0.3) is 0 Å². The topological polar surface area (TPSA) is 43.8 Å². The summed E-state index contributed by atoms with van der Waals surface area (Å²) in [5.74, 6) is 0. The zero-order chi connectivity index (χ0) is 12.5. The minimum atomic E-state index is 0.154. The first-order chi connectivity index (χ1) is 8.75. The number of hydrogen-bond donors (Lipinski definition) is 1. The SMILES string of the molecule is Cc1cccc(-n2ncc3c2CCCCC3N)c1. The Morgan fingerprint density at radius 2 is 2.22 bits per heavy atom. The van der Waals surface area contributed by atoms with Gasteiger partial charge in [-0.15, -0.1) is 0 Å². The van der Waals surface area contributed by atoms with Crippen LogP contribution < -0.4 is 5.73 Å². The van der Waals surface area contributed by atoms with Crippen LogP contribution >= 0.6 is 0 Å². The normalized spacial score (nSPS) is 19.3. The van der Waals surface area contributed by atoms with Crippen LogP contribution in [0.25, 0.3) is 5.69 Å². The molecule has 1 aliphatic carbocycles. The molecule has 0 saturated heterocycles. The van der Waals surface area contributed by atoms with Gasteiger partial charge in [0.05, 0.1) is 11.9 Å². The smallest absolute Gasteiger partial charge is 0.0651 e.